The Hall–Kier alpha value is -0.230. The Bertz CT molecular complexity index is 746. The number of nitrogens with two attached hydrogens (primary N) is 1. The topological polar surface area (TPSA) is 110 Å². The Labute approximate surface area is 147 Å². The van der Waals surface area contributed by atoms with Crippen LogP contribution in [-0.2, 0) is 20.0 Å². The zero-order chi connectivity index (χ0) is 16.5. The van der Waals surface area contributed by atoms with Crippen molar-refractivity contribution in [1.82, 2.24) is 9.62 Å². The van der Waals surface area contributed by atoms with Crippen molar-refractivity contribution in [2.24, 2.45) is 5.14 Å². The van der Waals surface area contributed by atoms with Gasteiger partial charge in [0.2, 0.25) is 10.0 Å². The SMILES string of the molecule is CCCNC1CN(CCC)S(=O)(=O)c2sc(S(N)(=O)=O)cc21.Cl. The maximum Gasteiger partial charge on any atom is 0.252 e. The molecule has 0 saturated heterocycles. The number of halogens is 1. The zero-order valence-corrected chi connectivity index (χ0v) is 16.2. The van der Waals surface area contributed by atoms with E-state index in [1.54, 1.807) is 0 Å². The summed E-state index contributed by atoms with van der Waals surface area (Å²) in [5, 5.41) is 8.43. The maximum absolute atomic E-state index is 12.6. The molecule has 11 heteroatoms. The molecule has 23 heavy (non-hydrogen) atoms. The van der Waals surface area contributed by atoms with E-state index in [0.717, 1.165) is 24.3 Å². The van der Waals surface area contributed by atoms with E-state index in [4.69, 9.17) is 5.14 Å². The summed E-state index contributed by atoms with van der Waals surface area (Å²) in [4.78, 5) is 0. The molecule has 1 aliphatic heterocycles. The van der Waals surface area contributed by atoms with Crippen LogP contribution < -0.4 is 10.5 Å². The van der Waals surface area contributed by atoms with Gasteiger partial charge in [-0.1, -0.05) is 13.8 Å². The average molecular weight is 404 g/mol. The Morgan fingerprint density at radius 2 is 2.04 bits per heavy atom. The lowest BCUT2D eigenvalue weighted by Gasteiger charge is -2.32. The van der Waals surface area contributed by atoms with Gasteiger partial charge < -0.3 is 5.32 Å². The molecule has 0 amide bonds. The number of nitrogens with one attached hydrogen (secondary N) is 1. The van der Waals surface area contributed by atoms with E-state index in [-0.39, 0.29) is 26.9 Å². The minimum Gasteiger partial charge on any atom is -0.309 e. The molecule has 7 nitrogen and oxygen atoms in total. The first kappa shape index (κ1) is 20.8. The lowest BCUT2D eigenvalue weighted by Crippen LogP contribution is -2.43. The second kappa shape index (κ2) is 7.77. The summed E-state index contributed by atoms with van der Waals surface area (Å²) >= 11 is 0.733. The van der Waals surface area contributed by atoms with Crippen LogP contribution in [-0.4, -0.2) is 40.8 Å². The Morgan fingerprint density at radius 1 is 1.39 bits per heavy atom. The van der Waals surface area contributed by atoms with Crippen molar-refractivity contribution >= 4 is 43.8 Å². The van der Waals surface area contributed by atoms with Gasteiger partial charge in [-0.25, -0.2) is 22.0 Å². The monoisotopic (exact) mass is 403 g/mol. The fourth-order valence-corrected chi connectivity index (χ4v) is 6.78. The summed E-state index contributed by atoms with van der Waals surface area (Å²) in [6, 6.07) is 1.18. The van der Waals surface area contributed by atoms with Gasteiger partial charge in [-0.05, 0) is 25.5 Å². The highest BCUT2D eigenvalue weighted by Crippen LogP contribution is 2.39. The van der Waals surface area contributed by atoms with Crippen molar-refractivity contribution < 1.29 is 16.8 Å². The van der Waals surface area contributed by atoms with Crippen LogP contribution in [0.2, 0.25) is 0 Å². The third-order valence-electron chi connectivity index (χ3n) is 3.43. The van der Waals surface area contributed by atoms with Crippen LogP contribution in [0, 0.1) is 0 Å². The van der Waals surface area contributed by atoms with Gasteiger partial charge >= 0.3 is 0 Å². The first-order chi connectivity index (χ1) is 10.2. The Kier molecular flexibility index (Phi) is 7.03. The molecule has 2 rings (SSSR count). The van der Waals surface area contributed by atoms with E-state index in [0.29, 0.717) is 25.1 Å². The molecule has 1 aromatic rings. The lowest BCUT2D eigenvalue weighted by molar-refractivity contribution is 0.341. The van der Waals surface area contributed by atoms with Crippen molar-refractivity contribution in [3.63, 3.8) is 0 Å². The van der Waals surface area contributed by atoms with Gasteiger partial charge in [0.25, 0.3) is 10.0 Å². The van der Waals surface area contributed by atoms with Crippen LogP contribution >= 0.6 is 23.7 Å². The van der Waals surface area contributed by atoms with Gasteiger partial charge in [0.1, 0.15) is 8.42 Å². The molecule has 0 bridgehead atoms. The summed E-state index contributed by atoms with van der Waals surface area (Å²) in [7, 11) is -7.56. The van der Waals surface area contributed by atoms with Gasteiger partial charge in [-0.3, -0.25) is 0 Å². The third kappa shape index (κ3) is 4.25. The van der Waals surface area contributed by atoms with E-state index < -0.39 is 20.0 Å². The smallest absolute Gasteiger partial charge is 0.252 e. The first-order valence-corrected chi connectivity index (χ1v) is 10.9. The second-order valence-electron chi connectivity index (χ2n) is 5.22. The summed E-state index contributed by atoms with van der Waals surface area (Å²) in [6.07, 6.45) is 1.60. The molecular formula is C12H22ClN3O4S3. The zero-order valence-electron chi connectivity index (χ0n) is 13.0. The summed E-state index contributed by atoms with van der Waals surface area (Å²) in [5.41, 5.74) is 0.509. The Balaban J connectivity index is 0.00000264. The molecule has 2 heterocycles. The van der Waals surface area contributed by atoms with E-state index in [2.05, 4.69) is 5.32 Å². The highest BCUT2D eigenvalue weighted by Gasteiger charge is 2.39. The molecule has 134 valence electrons. The van der Waals surface area contributed by atoms with Crippen LogP contribution in [0.1, 0.15) is 38.3 Å². The molecule has 3 N–H and O–H groups in total. The van der Waals surface area contributed by atoms with Crippen LogP contribution in [0.15, 0.2) is 14.5 Å². The normalized spacial score (nSPS) is 20.7. The van der Waals surface area contributed by atoms with Gasteiger partial charge in [0.15, 0.2) is 0 Å². The van der Waals surface area contributed by atoms with Crippen molar-refractivity contribution in [2.45, 2.75) is 41.1 Å². The van der Waals surface area contributed by atoms with Gasteiger partial charge in [0.05, 0.1) is 0 Å². The predicted molar refractivity (Wildman–Crippen MR) is 93.0 cm³/mol. The van der Waals surface area contributed by atoms with Crippen molar-refractivity contribution in [2.75, 3.05) is 19.6 Å². The number of sulfonamides is 2. The second-order valence-corrected chi connectivity index (χ2v) is 10.2. The van der Waals surface area contributed by atoms with E-state index >= 15 is 0 Å². The summed E-state index contributed by atoms with van der Waals surface area (Å²) in [6.45, 7) is 5.37. The number of thiophene rings is 1. The molecule has 1 unspecified atom stereocenters. The van der Waals surface area contributed by atoms with Crippen LogP contribution in [0.4, 0.5) is 0 Å². The molecule has 0 fully saturated rings. The summed E-state index contributed by atoms with van der Waals surface area (Å²) < 4.78 is 49.7. The van der Waals surface area contributed by atoms with E-state index in [9.17, 15) is 16.8 Å². The number of rotatable bonds is 6. The molecule has 0 aliphatic carbocycles. The van der Waals surface area contributed by atoms with Crippen LogP contribution in [0.5, 0.6) is 0 Å². The van der Waals surface area contributed by atoms with Crippen LogP contribution in [0.25, 0.3) is 0 Å². The number of hydrogen-bond acceptors (Lipinski definition) is 6. The molecule has 0 aromatic carbocycles. The fraction of sp³-hybridized carbons (Fsp3) is 0.667. The predicted octanol–water partition coefficient (Wildman–Crippen LogP) is 1.27. The number of hydrogen-bond donors (Lipinski definition) is 2. The number of primary sulfonamides is 1. The number of fused-ring (bicyclic) bond motifs is 1. The largest absolute Gasteiger partial charge is 0.309 e. The van der Waals surface area contributed by atoms with Gasteiger partial charge in [-0.2, -0.15) is 4.31 Å². The highest BCUT2D eigenvalue weighted by atomic mass is 35.5. The highest BCUT2D eigenvalue weighted by molar-refractivity contribution is 7.94. The third-order valence-corrected chi connectivity index (χ3v) is 8.40. The van der Waals surface area contributed by atoms with Crippen molar-refractivity contribution in [3.8, 4) is 0 Å². The fourth-order valence-electron chi connectivity index (χ4n) is 2.42. The van der Waals surface area contributed by atoms with Crippen LogP contribution in [0.3, 0.4) is 0 Å². The Morgan fingerprint density at radius 3 is 2.57 bits per heavy atom. The standard InChI is InChI=1S/C12H21N3O4S3.ClH/c1-3-5-14-10-8-15(6-4-2)22(18,19)12-9(10)7-11(20-12)21(13,16)17;/h7,10,14H,3-6,8H2,1-2H3,(H2,13,16,17);1H. The molecule has 0 radical (unpaired) electrons. The summed E-state index contributed by atoms with van der Waals surface area (Å²) in [5.74, 6) is 0. The van der Waals surface area contributed by atoms with E-state index in [1.807, 2.05) is 13.8 Å². The minimum atomic E-state index is -3.91. The quantitative estimate of drug-likeness (QED) is 0.743. The molecule has 0 saturated carbocycles. The molecule has 0 spiro atoms. The van der Waals surface area contributed by atoms with Gasteiger partial charge in [-0.15, -0.1) is 23.7 Å². The molecular weight excluding hydrogens is 382 g/mol. The molecule has 1 atom stereocenters. The van der Waals surface area contributed by atoms with E-state index in [1.165, 1.54) is 10.4 Å². The van der Waals surface area contributed by atoms with Crippen molar-refractivity contribution in [3.05, 3.63) is 11.6 Å². The van der Waals surface area contributed by atoms with Crippen molar-refractivity contribution in [1.29, 1.82) is 0 Å². The minimum absolute atomic E-state index is 0. The number of nitrogens with zero attached hydrogens (tertiary/aromatic N) is 1. The van der Waals surface area contributed by atoms with Gasteiger partial charge in [0, 0.05) is 24.7 Å². The molecule has 1 aromatic heterocycles. The molecule has 1 aliphatic rings. The first-order valence-electron chi connectivity index (χ1n) is 7.11. The average Bonchev–Trinajstić information content (AvgIpc) is 2.87. The lowest BCUT2D eigenvalue weighted by atomic mass is 10.1. The maximum atomic E-state index is 12.6.